The molecule has 1 N–H and O–H groups in total. The molecule has 1 unspecified atom stereocenters. The number of fused-ring (bicyclic) bond motifs is 1. The molecule has 1 atom stereocenters. The van der Waals surface area contributed by atoms with Crippen molar-refractivity contribution in [2.24, 2.45) is 11.8 Å². The zero-order chi connectivity index (χ0) is 20.4. The van der Waals surface area contributed by atoms with E-state index in [1.54, 1.807) is 0 Å². The number of pyridine rings is 1. The molecule has 2 aliphatic rings. The summed E-state index contributed by atoms with van der Waals surface area (Å²) in [4.78, 5) is 7.36. The van der Waals surface area contributed by atoms with Gasteiger partial charge < -0.3 is 5.11 Å². The number of rotatable bonds is 5. The largest absolute Gasteiger partial charge is 0.385 e. The number of piperidine rings is 1. The van der Waals surface area contributed by atoms with Gasteiger partial charge in [0.1, 0.15) is 0 Å². The number of nitrogens with zero attached hydrogens (tertiary/aromatic N) is 2. The number of likely N-dealkylation sites (tertiary alicyclic amines) is 1. The third-order valence-electron chi connectivity index (χ3n) is 7.47. The topological polar surface area (TPSA) is 36.4 Å². The minimum absolute atomic E-state index is 0.337. The Hall–Kier alpha value is -2.23. The first-order chi connectivity index (χ1) is 14.7. The molecule has 0 spiro atoms. The molecule has 3 nitrogen and oxygen atoms in total. The Balaban J connectivity index is 1.29. The van der Waals surface area contributed by atoms with Gasteiger partial charge in [-0.25, -0.2) is 0 Å². The molecule has 1 aliphatic heterocycles. The Kier molecular flexibility index (Phi) is 5.58. The third kappa shape index (κ3) is 3.77. The van der Waals surface area contributed by atoms with Gasteiger partial charge in [-0.3, -0.25) is 9.88 Å². The van der Waals surface area contributed by atoms with E-state index in [0.29, 0.717) is 11.8 Å². The molecular formula is C27H32N2O. The summed E-state index contributed by atoms with van der Waals surface area (Å²) in [5.74, 6) is 0.738. The summed E-state index contributed by atoms with van der Waals surface area (Å²) in [6.45, 7) is 2.95. The van der Waals surface area contributed by atoms with Crippen LogP contribution < -0.4 is 0 Å². The van der Waals surface area contributed by atoms with Crippen LogP contribution in [0.4, 0.5) is 0 Å². The SMILES string of the molecule is OC(c1ccccc1)(C1CCCC1)C1CCN(Cc2ccc3ccccc3n2)CC1. The van der Waals surface area contributed by atoms with E-state index in [9.17, 15) is 5.11 Å². The Morgan fingerprint density at radius 3 is 2.23 bits per heavy atom. The van der Waals surface area contributed by atoms with Crippen molar-refractivity contribution in [1.82, 2.24) is 9.88 Å². The van der Waals surface area contributed by atoms with Crippen LogP contribution in [-0.2, 0) is 12.1 Å². The predicted octanol–water partition coefficient (Wildman–Crippen LogP) is 5.52. The van der Waals surface area contributed by atoms with E-state index < -0.39 is 5.60 Å². The minimum atomic E-state index is -0.676. The van der Waals surface area contributed by atoms with Gasteiger partial charge in [-0.15, -0.1) is 0 Å². The summed E-state index contributed by atoms with van der Waals surface area (Å²) in [7, 11) is 0. The second-order valence-electron chi connectivity index (χ2n) is 9.22. The van der Waals surface area contributed by atoms with Crippen LogP contribution in [-0.4, -0.2) is 28.1 Å². The number of aliphatic hydroxyl groups is 1. The van der Waals surface area contributed by atoms with Crippen LogP contribution in [0.25, 0.3) is 10.9 Å². The van der Waals surface area contributed by atoms with Gasteiger partial charge in [-0.05, 0) is 68.3 Å². The summed E-state index contributed by atoms with van der Waals surface area (Å²) in [5.41, 5.74) is 2.67. The monoisotopic (exact) mass is 400 g/mol. The minimum Gasteiger partial charge on any atom is -0.385 e. The van der Waals surface area contributed by atoms with E-state index in [-0.39, 0.29) is 0 Å². The highest BCUT2D eigenvalue weighted by molar-refractivity contribution is 5.78. The van der Waals surface area contributed by atoms with E-state index in [1.165, 1.54) is 18.2 Å². The van der Waals surface area contributed by atoms with E-state index in [2.05, 4.69) is 71.6 Å². The molecule has 0 bridgehead atoms. The van der Waals surface area contributed by atoms with Gasteiger partial charge in [-0.1, -0.05) is 67.4 Å². The van der Waals surface area contributed by atoms with Crippen molar-refractivity contribution < 1.29 is 5.11 Å². The summed E-state index contributed by atoms with van der Waals surface area (Å²) in [5, 5.41) is 13.3. The van der Waals surface area contributed by atoms with Crippen LogP contribution in [0, 0.1) is 11.8 Å². The molecule has 2 aromatic carbocycles. The maximum atomic E-state index is 12.1. The van der Waals surface area contributed by atoms with Crippen LogP contribution >= 0.6 is 0 Å². The lowest BCUT2D eigenvalue weighted by Gasteiger charge is -2.45. The van der Waals surface area contributed by atoms with Crippen LogP contribution in [0.1, 0.15) is 49.8 Å². The number of aromatic nitrogens is 1. The molecule has 1 saturated carbocycles. The summed E-state index contributed by atoms with van der Waals surface area (Å²) >= 11 is 0. The fourth-order valence-corrected chi connectivity index (χ4v) is 5.83. The Morgan fingerprint density at radius 1 is 0.800 bits per heavy atom. The van der Waals surface area contributed by atoms with Gasteiger partial charge in [0.25, 0.3) is 0 Å². The van der Waals surface area contributed by atoms with Gasteiger partial charge in [-0.2, -0.15) is 0 Å². The number of hydrogen-bond donors (Lipinski definition) is 1. The molecule has 1 aliphatic carbocycles. The average molecular weight is 401 g/mol. The predicted molar refractivity (Wildman–Crippen MR) is 122 cm³/mol. The molecule has 1 saturated heterocycles. The number of para-hydroxylation sites is 1. The van der Waals surface area contributed by atoms with Crippen molar-refractivity contribution in [2.75, 3.05) is 13.1 Å². The van der Waals surface area contributed by atoms with Crippen molar-refractivity contribution in [3.05, 3.63) is 78.0 Å². The lowest BCUT2D eigenvalue weighted by Crippen LogP contribution is -2.47. The standard InChI is InChI=1S/C27H32N2O/c30-27(23-11-5-6-12-23,22-9-2-1-3-10-22)24-16-18-29(19-17-24)20-25-15-14-21-8-4-7-13-26(21)28-25/h1-4,7-10,13-15,23-24,30H,5-6,11-12,16-20H2. The first-order valence-corrected chi connectivity index (χ1v) is 11.6. The zero-order valence-electron chi connectivity index (χ0n) is 17.7. The lowest BCUT2D eigenvalue weighted by molar-refractivity contribution is -0.0939. The number of hydrogen-bond acceptors (Lipinski definition) is 3. The molecule has 2 fully saturated rings. The molecule has 1 aromatic heterocycles. The van der Waals surface area contributed by atoms with Crippen LogP contribution in [0.2, 0.25) is 0 Å². The second kappa shape index (κ2) is 8.49. The first kappa shape index (κ1) is 19.7. The normalized spacial score (nSPS) is 21.1. The highest BCUT2D eigenvalue weighted by Gasteiger charge is 2.46. The third-order valence-corrected chi connectivity index (χ3v) is 7.47. The molecule has 30 heavy (non-hydrogen) atoms. The quantitative estimate of drug-likeness (QED) is 0.612. The summed E-state index contributed by atoms with van der Waals surface area (Å²) in [6.07, 6.45) is 6.93. The maximum Gasteiger partial charge on any atom is 0.0953 e. The van der Waals surface area contributed by atoms with Crippen molar-refractivity contribution in [2.45, 2.75) is 50.7 Å². The second-order valence-corrected chi connectivity index (χ2v) is 9.22. The van der Waals surface area contributed by atoms with Crippen molar-refractivity contribution in [3.8, 4) is 0 Å². The van der Waals surface area contributed by atoms with Crippen LogP contribution in [0.3, 0.4) is 0 Å². The highest BCUT2D eigenvalue weighted by Crippen LogP contribution is 2.48. The molecule has 5 rings (SSSR count). The average Bonchev–Trinajstić information content (AvgIpc) is 3.35. The van der Waals surface area contributed by atoms with E-state index in [1.807, 2.05) is 0 Å². The lowest BCUT2D eigenvalue weighted by atomic mass is 9.68. The summed E-state index contributed by atoms with van der Waals surface area (Å²) in [6, 6.07) is 23.2. The van der Waals surface area contributed by atoms with Gasteiger partial charge in [0, 0.05) is 11.9 Å². The first-order valence-electron chi connectivity index (χ1n) is 11.6. The smallest absolute Gasteiger partial charge is 0.0953 e. The van der Waals surface area contributed by atoms with E-state index in [4.69, 9.17) is 4.98 Å². The van der Waals surface area contributed by atoms with Crippen molar-refractivity contribution >= 4 is 10.9 Å². The van der Waals surface area contributed by atoms with Gasteiger partial charge in [0.15, 0.2) is 0 Å². The molecule has 3 heteroatoms. The van der Waals surface area contributed by atoms with Gasteiger partial charge in [0.05, 0.1) is 16.8 Å². The Labute approximate surface area is 179 Å². The zero-order valence-corrected chi connectivity index (χ0v) is 17.7. The van der Waals surface area contributed by atoms with Crippen molar-refractivity contribution in [3.63, 3.8) is 0 Å². The van der Waals surface area contributed by atoms with Gasteiger partial charge in [0.2, 0.25) is 0 Å². The van der Waals surface area contributed by atoms with E-state index in [0.717, 1.165) is 62.1 Å². The van der Waals surface area contributed by atoms with Crippen LogP contribution in [0.5, 0.6) is 0 Å². The summed E-state index contributed by atoms with van der Waals surface area (Å²) < 4.78 is 0. The van der Waals surface area contributed by atoms with E-state index >= 15 is 0 Å². The fourth-order valence-electron chi connectivity index (χ4n) is 5.83. The molecule has 3 aromatic rings. The van der Waals surface area contributed by atoms with Crippen molar-refractivity contribution in [1.29, 1.82) is 0 Å². The van der Waals surface area contributed by atoms with Gasteiger partial charge >= 0.3 is 0 Å². The van der Waals surface area contributed by atoms with Crippen LogP contribution in [0.15, 0.2) is 66.7 Å². The Bertz CT molecular complexity index is 974. The molecule has 156 valence electrons. The fraction of sp³-hybridized carbons (Fsp3) is 0.444. The maximum absolute atomic E-state index is 12.1. The molecule has 2 heterocycles. The molecule has 0 radical (unpaired) electrons. The molecule has 0 amide bonds. The molecular weight excluding hydrogens is 368 g/mol. The highest BCUT2D eigenvalue weighted by atomic mass is 16.3. The Morgan fingerprint density at radius 2 is 1.47 bits per heavy atom. The number of benzene rings is 2.